The van der Waals surface area contributed by atoms with E-state index in [-0.39, 0.29) is 6.42 Å². The number of likely N-dealkylation sites (tertiary alicyclic amines) is 1. The largest absolute Gasteiger partial charge is 0.494 e. The SMILES string of the molecule is COc1c(CN2CCCCC2)ccnc1-c1cccc2c(CCC(=O)O)cccc12. The van der Waals surface area contributed by atoms with E-state index >= 15 is 0 Å². The number of methoxy groups -OCH3 is 1. The monoisotopic (exact) mass is 404 g/mol. The van der Waals surface area contributed by atoms with Crippen LogP contribution in [0.25, 0.3) is 22.0 Å². The zero-order valence-electron chi connectivity index (χ0n) is 17.4. The molecule has 0 saturated carbocycles. The highest BCUT2D eigenvalue weighted by molar-refractivity contribution is 5.99. The summed E-state index contributed by atoms with van der Waals surface area (Å²) in [5.41, 5.74) is 4.05. The molecule has 30 heavy (non-hydrogen) atoms. The first-order chi connectivity index (χ1) is 14.7. The molecule has 0 bridgehead atoms. The second-order valence-electron chi connectivity index (χ2n) is 7.90. The molecule has 1 aliphatic heterocycles. The first-order valence-corrected chi connectivity index (χ1v) is 10.6. The lowest BCUT2D eigenvalue weighted by molar-refractivity contribution is -0.136. The van der Waals surface area contributed by atoms with Gasteiger partial charge in [-0.25, -0.2) is 0 Å². The maximum Gasteiger partial charge on any atom is 0.303 e. The molecule has 0 aliphatic carbocycles. The van der Waals surface area contributed by atoms with Crippen LogP contribution in [0.1, 0.15) is 36.8 Å². The van der Waals surface area contributed by atoms with Crippen LogP contribution in [-0.4, -0.2) is 41.2 Å². The Hall–Kier alpha value is -2.92. The summed E-state index contributed by atoms with van der Waals surface area (Å²) in [6.07, 6.45) is 6.32. The lowest BCUT2D eigenvalue weighted by Crippen LogP contribution is -2.29. The van der Waals surface area contributed by atoms with E-state index in [1.54, 1.807) is 7.11 Å². The van der Waals surface area contributed by atoms with Crippen LogP contribution in [0.5, 0.6) is 5.75 Å². The smallest absolute Gasteiger partial charge is 0.303 e. The second kappa shape index (κ2) is 9.26. The van der Waals surface area contributed by atoms with Crippen molar-refractivity contribution < 1.29 is 14.6 Å². The number of hydrogen-bond acceptors (Lipinski definition) is 4. The molecule has 2 aromatic carbocycles. The minimum absolute atomic E-state index is 0.121. The normalized spacial score (nSPS) is 14.7. The van der Waals surface area contributed by atoms with Crippen LogP contribution >= 0.6 is 0 Å². The molecular formula is C25H28N2O3. The minimum Gasteiger partial charge on any atom is -0.494 e. The first kappa shape index (κ1) is 20.4. The van der Waals surface area contributed by atoms with Gasteiger partial charge in [0.25, 0.3) is 0 Å². The molecule has 5 nitrogen and oxygen atoms in total. The van der Waals surface area contributed by atoms with Gasteiger partial charge in [0.1, 0.15) is 11.4 Å². The molecule has 0 spiro atoms. The van der Waals surface area contributed by atoms with Crippen molar-refractivity contribution >= 4 is 16.7 Å². The maximum atomic E-state index is 11.1. The zero-order valence-corrected chi connectivity index (χ0v) is 17.4. The highest BCUT2D eigenvalue weighted by Crippen LogP contribution is 2.37. The number of pyridine rings is 1. The van der Waals surface area contributed by atoms with Crippen molar-refractivity contribution in [3.8, 4) is 17.0 Å². The number of benzene rings is 2. The quantitative estimate of drug-likeness (QED) is 0.606. The van der Waals surface area contributed by atoms with E-state index < -0.39 is 5.97 Å². The number of piperidine rings is 1. The van der Waals surface area contributed by atoms with Crippen molar-refractivity contribution in [2.24, 2.45) is 0 Å². The first-order valence-electron chi connectivity index (χ1n) is 10.6. The third kappa shape index (κ3) is 4.31. The van der Waals surface area contributed by atoms with E-state index in [1.807, 2.05) is 24.4 Å². The fraction of sp³-hybridized carbons (Fsp3) is 0.360. The van der Waals surface area contributed by atoms with Crippen LogP contribution in [-0.2, 0) is 17.8 Å². The third-order valence-electron chi connectivity index (χ3n) is 5.91. The molecule has 1 aromatic heterocycles. The summed E-state index contributed by atoms with van der Waals surface area (Å²) >= 11 is 0. The number of carbonyl (C=O) groups is 1. The lowest BCUT2D eigenvalue weighted by Gasteiger charge is -2.27. The Kier molecular flexibility index (Phi) is 6.29. The van der Waals surface area contributed by atoms with Crippen LogP contribution < -0.4 is 4.74 Å². The fourth-order valence-electron chi connectivity index (χ4n) is 4.43. The molecule has 1 fully saturated rings. The molecule has 0 amide bonds. The summed E-state index contributed by atoms with van der Waals surface area (Å²) < 4.78 is 5.86. The molecule has 5 heteroatoms. The number of rotatable bonds is 7. The Labute approximate surface area is 177 Å². The molecule has 0 atom stereocenters. The molecule has 0 radical (unpaired) electrons. The summed E-state index contributed by atoms with van der Waals surface area (Å²) in [4.78, 5) is 18.2. The number of aromatic nitrogens is 1. The molecule has 3 aromatic rings. The molecule has 4 rings (SSSR count). The van der Waals surface area contributed by atoms with E-state index in [4.69, 9.17) is 9.84 Å². The average Bonchev–Trinajstić information content (AvgIpc) is 2.77. The van der Waals surface area contributed by atoms with Gasteiger partial charge in [-0.2, -0.15) is 0 Å². The Bertz CT molecular complexity index is 1040. The van der Waals surface area contributed by atoms with Gasteiger partial charge in [0, 0.05) is 30.3 Å². The van der Waals surface area contributed by atoms with E-state index in [0.29, 0.717) is 6.42 Å². The summed E-state index contributed by atoms with van der Waals surface area (Å²) in [6, 6.07) is 14.3. The van der Waals surface area contributed by atoms with Crippen molar-refractivity contribution in [3.05, 3.63) is 59.8 Å². The molecule has 1 saturated heterocycles. The molecule has 2 heterocycles. The lowest BCUT2D eigenvalue weighted by atomic mass is 9.95. The van der Waals surface area contributed by atoms with E-state index in [0.717, 1.165) is 58.5 Å². The summed E-state index contributed by atoms with van der Waals surface area (Å²) in [7, 11) is 1.71. The minimum atomic E-state index is -0.781. The average molecular weight is 405 g/mol. The van der Waals surface area contributed by atoms with Crippen molar-refractivity contribution in [3.63, 3.8) is 0 Å². The van der Waals surface area contributed by atoms with Crippen molar-refractivity contribution in [2.75, 3.05) is 20.2 Å². The van der Waals surface area contributed by atoms with Crippen molar-refractivity contribution in [1.29, 1.82) is 0 Å². The number of hydrogen-bond donors (Lipinski definition) is 1. The van der Waals surface area contributed by atoms with Crippen LogP contribution in [0.2, 0.25) is 0 Å². The Morgan fingerprint density at radius 1 is 1.03 bits per heavy atom. The highest BCUT2D eigenvalue weighted by Gasteiger charge is 2.18. The van der Waals surface area contributed by atoms with E-state index in [9.17, 15) is 4.79 Å². The number of fused-ring (bicyclic) bond motifs is 1. The number of ether oxygens (including phenoxy) is 1. The standard InChI is InChI=1S/C25H28N2O3/c1-30-25-19(17-27-15-3-2-4-16-27)13-14-26-24(25)22-10-6-8-20-18(11-12-23(28)29)7-5-9-21(20)22/h5-10,13-14H,2-4,11-12,15-17H2,1H3,(H,28,29). The van der Waals surface area contributed by atoms with Gasteiger partial charge in [0.2, 0.25) is 0 Å². The zero-order chi connectivity index (χ0) is 20.9. The molecular weight excluding hydrogens is 376 g/mol. The Balaban J connectivity index is 1.75. The number of nitrogens with zero attached hydrogens (tertiary/aromatic N) is 2. The van der Waals surface area contributed by atoms with Gasteiger partial charge in [0.05, 0.1) is 7.11 Å². The summed E-state index contributed by atoms with van der Waals surface area (Å²) in [5, 5.41) is 11.2. The molecule has 0 unspecified atom stereocenters. The molecule has 156 valence electrons. The fourth-order valence-corrected chi connectivity index (χ4v) is 4.43. The Morgan fingerprint density at radius 2 is 1.80 bits per heavy atom. The van der Waals surface area contributed by atoms with Gasteiger partial charge in [0.15, 0.2) is 0 Å². The maximum absolute atomic E-state index is 11.1. The Morgan fingerprint density at radius 3 is 2.57 bits per heavy atom. The van der Waals surface area contributed by atoms with Gasteiger partial charge in [-0.1, -0.05) is 42.8 Å². The molecule has 1 aliphatic rings. The number of carboxylic acids is 1. The third-order valence-corrected chi connectivity index (χ3v) is 5.91. The van der Waals surface area contributed by atoms with E-state index in [1.165, 1.54) is 19.3 Å². The number of carboxylic acid groups (broad SMARTS) is 1. The summed E-state index contributed by atoms with van der Waals surface area (Å²) in [6.45, 7) is 3.12. The van der Waals surface area contributed by atoms with Gasteiger partial charge in [-0.05, 0) is 54.8 Å². The van der Waals surface area contributed by atoms with Gasteiger partial charge in [-0.15, -0.1) is 0 Å². The van der Waals surface area contributed by atoms with Gasteiger partial charge >= 0.3 is 5.97 Å². The van der Waals surface area contributed by atoms with Crippen molar-refractivity contribution in [2.45, 2.75) is 38.6 Å². The number of aryl methyl sites for hydroxylation is 1. The van der Waals surface area contributed by atoms with Crippen molar-refractivity contribution in [1.82, 2.24) is 9.88 Å². The predicted molar refractivity (Wildman–Crippen MR) is 119 cm³/mol. The van der Waals surface area contributed by atoms with E-state index in [2.05, 4.69) is 34.1 Å². The highest BCUT2D eigenvalue weighted by atomic mass is 16.5. The van der Waals surface area contributed by atoms with Crippen LogP contribution in [0, 0.1) is 0 Å². The van der Waals surface area contributed by atoms with Crippen LogP contribution in [0.4, 0.5) is 0 Å². The van der Waals surface area contributed by atoms with Gasteiger partial charge < -0.3 is 9.84 Å². The topological polar surface area (TPSA) is 62.7 Å². The second-order valence-corrected chi connectivity index (χ2v) is 7.90. The summed E-state index contributed by atoms with van der Waals surface area (Å²) in [5.74, 6) is 0.0448. The predicted octanol–water partition coefficient (Wildman–Crippen LogP) is 4.91. The van der Waals surface area contributed by atoms with Crippen LogP contribution in [0.15, 0.2) is 48.7 Å². The number of aliphatic carboxylic acids is 1. The van der Waals surface area contributed by atoms with Gasteiger partial charge in [-0.3, -0.25) is 14.7 Å². The molecule has 1 N–H and O–H groups in total. The van der Waals surface area contributed by atoms with Crippen LogP contribution in [0.3, 0.4) is 0 Å².